The summed E-state index contributed by atoms with van der Waals surface area (Å²) in [5, 5.41) is 0. The van der Waals surface area contributed by atoms with Gasteiger partial charge in [0.15, 0.2) is 0 Å². The normalized spacial score (nSPS) is 14.4. The Kier molecular flexibility index (Phi) is 12.8. The minimum absolute atomic E-state index is 0. The van der Waals surface area contributed by atoms with Crippen LogP contribution < -0.4 is 4.74 Å². The van der Waals surface area contributed by atoms with Crippen molar-refractivity contribution in [2.45, 2.75) is 6.61 Å². The highest BCUT2D eigenvalue weighted by atomic mass is 35.5. The predicted octanol–water partition coefficient (Wildman–Crippen LogP) is 6.17. The van der Waals surface area contributed by atoms with Gasteiger partial charge in [-0.15, -0.1) is 24.8 Å². The summed E-state index contributed by atoms with van der Waals surface area (Å²) in [5.74, 6) is 1.70. The maximum Gasteiger partial charge on any atom is 0.132 e. The van der Waals surface area contributed by atoms with E-state index in [4.69, 9.17) is 9.47 Å². The highest BCUT2D eigenvalue weighted by Crippen LogP contribution is 2.25. The van der Waals surface area contributed by atoms with Crippen LogP contribution in [0.2, 0.25) is 0 Å². The van der Waals surface area contributed by atoms with E-state index < -0.39 is 0 Å². The van der Waals surface area contributed by atoms with E-state index in [1.165, 1.54) is 5.56 Å². The monoisotopic (exact) mass is 500 g/mol. The third-order valence-electron chi connectivity index (χ3n) is 5.69. The summed E-state index contributed by atoms with van der Waals surface area (Å²) in [5.41, 5.74) is 2.34. The van der Waals surface area contributed by atoms with Crippen LogP contribution in [-0.2, 0) is 11.3 Å². The van der Waals surface area contributed by atoms with Gasteiger partial charge in [0.2, 0.25) is 0 Å². The molecular weight excluding hydrogens is 467 g/mol. The minimum atomic E-state index is 0. The van der Waals surface area contributed by atoms with Gasteiger partial charge in [-0.2, -0.15) is 0 Å². The van der Waals surface area contributed by atoms with Gasteiger partial charge in [0.25, 0.3) is 0 Å². The van der Waals surface area contributed by atoms with Gasteiger partial charge in [-0.25, -0.2) is 0 Å². The van der Waals surface area contributed by atoms with Crippen molar-refractivity contribution in [3.63, 3.8) is 0 Å². The molecule has 4 rings (SSSR count). The van der Waals surface area contributed by atoms with Gasteiger partial charge in [-0.3, -0.25) is 9.80 Å². The predicted molar refractivity (Wildman–Crippen MR) is 145 cm³/mol. The fraction of sp³-hybridized carbons (Fsp3) is 0.286. The molecule has 0 spiro atoms. The van der Waals surface area contributed by atoms with E-state index in [-0.39, 0.29) is 24.8 Å². The first kappa shape index (κ1) is 27.9. The van der Waals surface area contributed by atoms with Crippen LogP contribution in [0.4, 0.5) is 0 Å². The molecule has 0 amide bonds. The lowest BCUT2D eigenvalue weighted by molar-refractivity contribution is 0.0704. The van der Waals surface area contributed by atoms with Crippen molar-refractivity contribution in [3.05, 3.63) is 102 Å². The summed E-state index contributed by atoms with van der Waals surface area (Å²) in [7, 11) is 0. The SMILES string of the molecule is C(=Cc1ccccc1)CN1CCN(CCOCc2ccccc2Oc2ccccc2)CC1.Cl.Cl. The van der Waals surface area contributed by atoms with Crippen LogP contribution in [0.1, 0.15) is 11.1 Å². The fourth-order valence-corrected chi connectivity index (χ4v) is 3.81. The first-order valence-corrected chi connectivity index (χ1v) is 11.4. The van der Waals surface area contributed by atoms with E-state index in [0.29, 0.717) is 6.61 Å². The van der Waals surface area contributed by atoms with Crippen LogP contribution in [0.3, 0.4) is 0 Å². The number of benzene rings is 3. The number of hydrogen-bond acceptors (Lipinski definition) is 4. The summed E-state index contributed by atoms with van der Waals surface area (Å²) in [6.07, 6.45) is 4.47. The molecule has 4 nitrogen and oxygen atoms in total. The number of nitrogens with zero attached hydrogens (tertiary/aromatic N) is 2. The summed E-state index contributed by atoms with van der Waals surface area (Å²) in [6, 6.07) is 28.5. The van der Waals surface area contributed by atoms with Crippen LogP contribution in [-0.4, -0.2) is 55.7 Å². The zero-order valence-corrected chi connectivity index (χ0v) is 21.1. The van der Waals surface area contributed by atoms with Crippen LogP contribution in [0, 0.1) is 0 Å². The number of para-hydroxylation sites is 2. The molecule has 1 aliphatic rings. The van der Waals surface area contributed by atoms with E-state index in [1.807, 2.05) is 48.5 Å². The Morgan fingerprint density at radius 3 is 2.06 bits per heavy atom. The average Bonchev–Trinajstić information content (AvgIpc) is 2.85. The van der Waals surface area contributed by atoms with E-state index in [1.54, 1.807) is 0 Å². The number of halogens is 2. The molecule has 0 radical (unpaired) electrons. The molecule has 182 valence electrons. The van der Waals surface area contributed by atoms with Gasteiger partial charge >= 0.3 is 0 Å². The Labute approximate surface area is 216 Å². The lowest BCUT2D eigenvalue weighted by Gasteiger charge is -2.34. The molecule has 0 aliphatic carbocycles. The van der Waals surface area contributed by atoms with Crippen molar-refractivity contribution < 1.29 is 9.47 Å². The van der Waals surface area contributed by atoms with Crippen molar-refractivity contribution in [3.8, 4) is 11.5 Å². The first-order chi connectivity index (χ1) is 15.9. The summed E-state index contributed by atoms with van der Waals surface area (Å²) >= 11 is 0. The Hall–Kier alpha value is -2.34. The van der Waals surface area contributed by atoms with Gasteiger partial charge in [0.1, 0.15) is 11.5 Å². The Balaban J connectivity index is 0.00000204. The molecular formula is C28H34Cl2N2O2. The van der Waals surface area contributed by atoms with Crippen LogP contribution in [0.5, 0.6) is 11.5 Å². The number of hydrogen-bond donors (Lipinski definition) is 0. The van der Waals surface area contributed by atoms with Gasteiger partial charge < -0.3 is 9.47 Å². The molecule has 1 aliphatic heterocycles. The number of rotatable bonds is 10. The number of ether oxygens (including phenoxy) is 2. The molecule has 1 fully saturated rings. The van der Waals surface area contributed by atoms with Crippen molar-refractivity contribution in [1.29, 1.82) is 0 Å². The quantitative estimate of drug-likeness (QED) is 0.310. The maximum atomic E-state index is 6.03. The maximum absolute atomic E-state index is 6.03. The molecule has 0 N–H and O–H groups in total. The van der Waals surface area contributed by atoms with E-state index in [9.17, 15) is 0 Å². The molecule has 0 bridgehead atoms. The smallest absolute Gasteiger partial charge is 0.132 e. The van der Waals surface area contributed by atoms with Gasteiger partial charge in [0.05, 0.1) is 13.2 Å². The van der Waals surface area contributed by atoms with Crippen LogP contribution in [0.15, 0.2) is 91.0 Å². The van der Waals surface area contributed by atoms with E-state index >= 15 is 0 Å². The molecule has 0 atom stereocenters. The zero-order valence-electron chi connectivity index (χ0n) is 19.4. The summed E-state index contributed by atoms with van der Waals surface area (Å²) in [4.78, 5) is 5.00. The molecule has 0 aromatic heterocycles. The van der Waals surface area contributed by atoms with Crippen LogP contribution >= 0.6 is 24.8 Å². The Morgan fingerprint density at radius 1 is 0.706 bits per heavy atom. The second-order valence-electron chi connectivity index (χ2n) is 8.03. The van der Waals surface area contributed by atoms with Gasteiger partial charge in [-0.1, -0.05) is 78.9 Å². The largest absolute Gasteiger partial charge is 0.457 e. The second kappa shape index (κ2) is 15.5. The van der Waals surface area contributed by atoms with Crippen molar-refractivity contribution in [2.75, 3.05) is 45.9 Å². The van der Waals surface area contributed by atoms with Crippen molar-refractivity contribution in [2.24, 2.45) is 0 Å². The zero-order chi connectivity index (χ0) is 21.8. The summed E-state index contributed by atoms with van der Waals surface area (Å²) < 4.78 is 12.0. The van der Waals surface area contributed by atoms with E-state index in [2.05, 4.69) is 58.4 Å². The molecule has 1 saturated heterocycles. The first-order valence-electron chi connectivity index (χ1n) is 11.4. The summed E-state index contributed by atoms with van der Waals surface area (Å²) in [6.45, 7) is 7.67. The molecule has 34 heavy (non-hydrogen) atoms. The molecule has 3 aromatic rings. The highest BCUT2D eigenvalue weighted by Gasteiger charge is 2.15. The number of piperazine rings is 1. The van der Waals surface area contributed by atoms with Crippen molar-refractivity contribution >= 4 is 30.9 Å². The van der Waals surface area contributed by atoms with Crippen LogP contribution in [0.25, 0.3) is 6.08 Å². The minimum Gasteiger partial charge on any atom is -0.457 e. The highest BCUT2D eigenvalue weighted by molar-refractivity contribution is 5.85. The Morgan fingerprint density at radius 2 is 1.32 bits per heavy atom. The second-order valence-corrected chi connectivity index (χ2v) is 8.03. The van der Waals surface area contributed by atoms with Crippen molar-refractivity contribution in [1.82, 2.24) is 9.80 Å². The fourth-order valence-electron chi connectivity index (χ4n) is 3.81. The molecule has 0 unspecified atom stereocenters. The standard InChI is InChI=1S/C28H32N2O2.2ClH/c1-3-10-25(11-4-1)12-9-17-29-18-20-30(21-19-29)22-23-31-24-26-13-7-8-16-28(26)32-27-14-5-2-6-15-27;;/h1-16H,17-24H2;2*1H. The molecule has 3 aromatic carbocycles. The lowest BCUT2D eigenvalue weighted by atomic mass is 10.2. The molecule has 0 saturated carbocycles. The third-order valence-corrected chi connectivity index (χ3v) is 5.69. The Bertz CT molecular complexity index is 962. The topological polar surface area (TPSA) is 24.9 Å². The molecule has 1 heterocycles. The third kappa shape index (κ3) is 9.13. The average molecular weight is 501 g/mol. The van der Waals surface area contributed by atoms with Gasteiger partial charge in [-0.05, 0) is 23.8 Å². The lowest BCUT2D eigenvalue weighted by Crippen LogP contribution is -2.47. The van der Waals surface area contributed by atoms with Gasteiger partial charge in [0, 0.05) is 44.8 Å². The van der Waals surface area contributed by atoms with E-state index in [0.717, 1.165) is 62.9 Å². The molecule has 6 heteroatoms.